The lowest BCUT2D eigenvalue weighted by Gasteiger charge is -2.17. The van der Waals surface area contributed by atoms with Gasteiger partial charge in [0.2, 0.25) is 0 Å². The van der Waals surface area contributed by atoms with Crippen LogP contribution in [0.15, 0.2) is 12.1 Å². The fourth-order valence-electron chi connectivity index (χ4n) is 1.49. The second-order valence-electron chi connectivity index (χ2n) is 3.33. The number of nitrogens with two attached hydrogens (primary N) is 1. The maximum atomic E-state index is 12.5. The fourth-order valence-corrected chi connectivity index (χ4v) is 1.49. The summed E-state index contributed by atoms with van der Waals surface area (Å²) in [4.78, 5) is 0. The number of nitriles is 1. The summed E-state index contributed by atoms with van der Waals surface area (Å²) in [5.74, 6) is 0. The summed E-state index contributed by atoms with van der Waals surface area (Å²) in [6.07, 6.45) is -9.76. The molecule has 1 aromatic carbocycles. The van der Waals surface area contributed by atoms with Crippen LogP contribution in [0.1, 0.15) is 22.3 Å². The molecule has 0 saturated heterocycles. The van der Waals surface area contributed by atoms with Crippen molar-refractivity contribution in [2.45, 2.75) is 18.9 Å². The molecule has 0 amide bonds. The van der Waals surface area contributed by atoms with E-state index < -0.39 is 41.2 Å². The van der Waals surface area contributed by atoms with Gasteiger partial charge in [-0.3, -0.25) is 0 Å². The average molecular weight is 268 g/mol. The Morgan fingerprint density at radius 1 is 1.00 bits per heavy atom. The smallest absolute Gasteiger partial charge is 0.326 e. The van der Waals surface area contributed by atoms with Crippen molar-refractivity contribution in [1.82, 2.24) is 0 Å². The van der Waals surface area contributed by atoms with E-state index in [1.807, 2.05) is 0 Å². The van der Waals surface area contributed by atoms with Crippen molar-refractivity contribution in [2.75, 3.05) is 0 Å². The van der Waals surface area contributed by atoms with Gasteiger partial charge in [0, 0.05) is 6.54 Å². The molecule has 18 heavy (non-hydrogen) atoms. The summed E-state index contributed by atoms with van der Waals surface area (Å²) in [5, 5.41) is 8.61. The lowest BCUT2D eigenvalue weighted by molar-refractivity contribution is -0.142. The highest BCUT2D eigenvalue weighted by molar-refractivity contribution is 5.50. The minimum Gasteiger partial charge on any atom is -0.326 e. The van der Waals surface area contributed by atoms with E-state index in [4.69, 9.17) is 11.0 Å². The van der Waals surface area contributed by atoms with Crippen LogP contribution in [0.5, 0.6) is 0 Å². The third-order valence-electron chi connectivity index (χ3n) is 2.24. The minimum atomic E-state index is -4.90. The first-order chi connectivity index (χ1) is 8.12. The molecular weight excluding hydrogens is 262 g/mol. The van der Waals surface area contributed by atoms with E-state index in [1.54, 1.807) is 0 Å². The molecular formula is C10H6F6N2. The Morgan fingerprint density at radius 2 is 1.44 bits per heavy atom. The van der Waals surface area contributed by atoms with Gasteiger partial charge in [-0.15, -0.1) is 0 Å². The van der Waals surface area contributed by atoms with Gasteiger partial charge in [0.15, 0.2) is 0 Å². The standard InChI is InChI=1S/C10H6F6N2/c11-9(12,13)7-1-2-8(10(14,15)16)6(4-18)5(7)3-17/h1-2H,3,17H2. The van der Waals surface area contributed by atoms with Crippen molar-refractivity contribution in [3.63, 3.8) is 0 Å². The van der Waals surface area contributed by atoms with Gasteiger partial charge >= 0.3 is 12.4 Å². The molecule has 0 aliphatic heterocycles. The molecule has 0 atom stereocenters. The van der Waals surface area contributed by atoms with E-state index in [1.165, 1.54) is 0 Å². The Bertz CT molecular complexity index is 495. The van der Waals surface area contributed by atoms with Crippen molar-refractivity contribution in [3.05, 3.63) is 34.4 Å². The van der Waals surface area contributed by atoms with Crippen molar-refractivity contribution in [3.8, 4) is 6.07 Å². The quantitative estimate of drug-likeness (QED) is 0.796. The van der Waals surface area contributed by atoms with Crippen LogP contribution in [0.3, 0.4) is 0 Å². The highest BCUT2D eigenvalue weighted by Crippen LogP contribution is 2.39. The molecule has 0 radical (unpaired) electrons. The van der Waals surface area contributed by atoms with Gasteiger partial charge in [-0.2, -0.15) is 31.6 Å². The summed E-state index contributed by atoms with van der Waals surface area (Å²) in [7, 11) is 0. The normalized spacial score (nSPS) is 12.3. The molecule has 0 saturated carbocycles. The van der Waals surface area contributed by atoms with Crippen LogP contribution in [-0.4, -0.2) is 0 Å². The zero-order chi connectivity index (χ0) is 14.1. The maximum absolute atomic E-state index is 12.5. The molecule has 0 unspecified atom stereocenters. The Kier molecular flexibility index (Phi) is 3.57. The fraction of sp³-hybridized carbons (Fsp3) is 0.300. The molecule has 0 heterocycles. The van der Waals surface area contributed by atoms with Crippen LogP contribution in [0.25, 0.3) is 0 Å². The second kappa shape index (κ2) is 4.49. The minimum absolute atomic E-state index is 0.237. The average Bonchev–Trinajstić information content (AvgIpc) is 2.24. The second-order valence-corrected chi connectivity index (χ2v) is 3.33. The first kappa shape index (κ1) is 14.3. The highest BCUT2D eigenvalue weighted by Gasteiger charge is 2.39. The zero-order valence-corrected chi connectivity index (χ0v) is 8.65. The summed E-state index contributed by atoms with van der Waals surface area (Å²) in [6.45, 7) is -0.804. The monoisotopic (exact) mass is 268 g/mol. The molecule has 0 aliphatic carbocycles. The number of hydrogen-bond donors (Lipinski definition) is 1. The van der Waals surface area contributed by atoms with Crippen LogP contribution < -0.4 is 5.73 Å². The molecule has 0 fully saturated rings. The van der Waals surface area contributed by atoms with Gasteiger partial charge in [0.25, 0.3) is 0 Å². The number of hydrogen-bond acceptors (Lipinski definition) is 2. The van der Waals surface area contributed by atoms with Crippen LogP contribution in [0, 0.1) is 11.3 Å². The number of benzene rings is 1. The van der Waals surface area contributed by atoms with Gasteiger partial charge in [-0.05, 0) is 17.7 Å². The Hall–Kier alpha value is -1.75. The van der Waals surface area contributed by atoms with Crippen LogP contribution in [0.4, 0.5) is 26.3 Å². The first-order valence-electron chi connectivity index (χ1n) is 4.53. The van der Waals surface area contributed by atoms with Crippen LogP contribution >= 0.6 is 0 Å². The lowest BCUT2D eigenvalue weighted by atomic mass is 9.96. The zero-order valence-electron chi connectivity index (χ0n) is 8.65. The predicted octanol–water partition coefficient (Wildman–Crippen LogP) is 3.05. The SMILES string of the molecule is N#Cc1c(C(F)(F)F)ccc(C(F)(F)F)c1CN. The number of rotatable bonds is 1. The van der Waals surface area contributed by atoms with Crippen LogP contribution in [-0.2, 0) is 18.9 Å². The Labute approximate surface area is 97.6 Å². The topological polar surface area (TPSA) is 49.8 Å². The highest BCUT2D eigenvalue weighted by atomic mass is 19.4. The van der Waals surface area contributed by atoms with Gasteiger partial charge < -0.3 is 5.73 Å². The number of halogens is 6. The van der Waals surface area contributed by atoms with E-state index in [0.29, 0.717) is 0 Å². The summed E-state index contributed by atoms with van der Waals surface area (Å²) in [5.41, 5.74) is 0.344. The molecule has 0 aromatic heterocycles. The van der Waals surface area contributed by atoms with Crippen molar-refractivity contribution >= 4 is 0 Å². The Balaban J connectivity index is 3.64. The maximum Gasteiger partial charge on any atom is 0.417 e. The van der Waals surface area contributed by atoms with Gasteiger partial charge in [-0.1, -0.05) is 0 Å². The molecule has 98 valence electrons. The molecule has 2 N–H and O–H groups in total. The molecule has 2 nitrogen and oxygen atoms in total. The van der Waals surface area contributed by atoms with Crippen molar-refractivity contribution < 1.29 is 26.3 Å². The van der Waals surface area contributed by atoms with E-state index in [-0.39, 0.29) is 12.1 Å². The van der Waals surface area contributed by atoms with Gasteiger partial charge in [0.1, 0.15) is 6.07 Å². The van der Waals surface area contributed by atoms with E-state index in [0.717, 1.165) is 6.07 Å². The number of nitrogens with zero attached hydrogens (tertiary/aromatic N) is 1. The summed E-state index contributed by atoms with van der Waals surface area (Å²) >= 11 is 0. The Morgan fingerprint density at radius 3 is 1.78 bits per heavy atom. The van der Waals surface area contributed by atoms with E-state index in [9.17, 15) is 26.3 Å². The van der Waals surface area contributed by atoms with Gasteiger partial charge in [-0.25, -0.2) is 0 Å². The summed E-state index contributed by atoms with van der Waals surface area (Å²) in [6, 6.07) is 1.65. The molecule has 1 aromatic rings. The number of alkyl halides is 6. The molecule has 1 rings (SSSR count). The lowest BCUT2D eigenvalue weighted by Crippen LogP contribution is -2.18. The third-order valence-corrected chi connectivity index (χ3v) is 2.24. The van der Waals surface area contributed by atoms with Crippen molar-refractivity contribution in [1.29, 1.82) is 5.26 Å². The van der Waals surface area contributed by atoms with E-state index in [2.05, 4.69) is 0 Å². The third kappa shape index (κ3) is 2.56. The molecule has 8 heteroatoms. The van der Waals surface area contributed by atoms with Crippen molar-refractivity contribution in [2.24, 2.45) is 5.73 Å². The largest absolute Gasteiger partial charge is 0.417 e. The van der Waals surface area contributed by atoms with E-state index >= 15 is 0 Å². The predicted molar refractivity (Wildman–Crippen MR) is 49.1 cm³/mol. The summed E-state index contributed by atoms with van der Waals surface area (Å²) < 4.78 is 75.1. The first-order valence-corrected chi connectivity index (χ1v) is 4.53. The molecule has 0 spiro atoms. The van der Waals surface area contributed by atoms with Crippen LogP contribution in [0.2, 0.25) is 0 Å². The van der Waals surface area contributed by atoms with Gasteiger partial charge in [0.05, 0.1) is 16.7 Å². The molecule has 0 aliphatic rings. The molecule has 0 bridgehead atoms.